The first-order valence-electron chi connectivity index (χ1n) is 7.65. The number of phenols is 2. The van der Waals surface area contributed by atoms with Crippen LogP contribution in [0, 0.1) is 0 Å². The monoisotopic (exact) mass is 350 g/mol. The first-order chi connectivity index (χ1) is 11.2. The lowest BCUT2D eigenvalue weighted by Crippen LogP contribution is -1.99. The van der Waals surface area contributed by atoms with Crippen LogP contribution in [0.5, 0.6) is 11.5 Å². The summed E-state index contributed by atoms with van der Waals surface area (Å²) in [5.41, 5.74) is 0. The van der Waals surface area contributed by atoms with Gasteiger partial charge in [-0.25, -0.2) is 0 Å². The molecule has 0 saturated heterocycles. The molecule has 2 N–H and O–H groups in total. The van der Waals surface area contributed by atoms with Crippen molar-refractivity contribution in [1.29, 1.82) is 0 Å². The van der Waals surface area contributed by atoms with Gasteiger partial charge in [0.15, 0.2) is 0 Å². The highest BCUT2D eigenvalue weighted by atomic mass is 32.2. The molecule has 2 aromatic rings. The quantitative estimate of drug-likeness (QED) is 0.477. The number of aromatic hydroxyl groups is 2. The highest BCUT2D eigenvalue weighted by Gasteiger charge is 1.97. The van der Waals surface area contributed by atoms with Crippen LogP contribution in [0.15, 0.2) is 58.3 Å². The second-order valence-corrected chi connectivity index (χ2v) is 7.34. The van der Waals surface area contributed by atoms with Gasteiger partial charge in [-0.05, 0) is 67.1 Å². The Morgan fingerprint density at radius 1 is 0.652 bits per heavy atom. The molecule has 0 aliphatic rings. The van der Waals surface area contributed by atoms with E-state index in [0.717, 1.165) is 42.5 Å². The number of rotatable bonds is 10. The first kappa shape index (κ1) is 18.0. The standard InChI is InChI=1S/C18H22O3S2/c19-15-3-7-17(8-4-15)22-13-2-1-11-21-12-14-23-18-9-5-16(20)6-10-18/h3-10,19-20H,1-2,11-14H2. The summed E-state index contributed by atoms with van der Waals surface area (Å²) in [6, 6.07) is 14.6. The average molecular weight is 351 g/mol. The van der Waals surface area contributed by atoms with Gasteiger partial charge in [-0.3, -0.25) is 0 Å². The third kappa shape index (κ3) is 7.68. The van der Waals surface area contributed by atoms with Gasteiger partial charge in [0, 0.05) is 22.2 Å². The number of phenolic OH excluding ortho intramolecular Hbond substituents is 2. The van der Waals surface area contributed by atoms with E-state index in [4.69, 9.17) is 4.74 Å². The fraction of sp³-hybridized carbons (Fsp3) is 0.333. The molecule has 0 aromatic heterocycles. The molecule has 0 spiro atoms. The smallest absolute Gasteiger partial charge is 0.115 e. The molecule has 0 radical (unpaired) electrons. The molecule has 0 heterocycles. The molecular weight excluding hydrogens is 328 g/mol. The zero-order chi connectivity index (χ0) is 16.3. The Morgan fingerprint density at radius 3 is 1.74 bits per heavy atom. The molecule has 0 bridgehead atoms. The molecule has 0 aliphatic heterocycles. The highest BCUT2D eigenvalue weighted by molar-refractivity contribution is 7.99. The summed E-state index contributed by atoms with van der Waals surface area (Å²) in [7, 11) is 0. The molecule has 0 aliphatic carbocycles. The van der Waals surface area contributed by atoms with Gasteiger partial charge >= 0.3 is 0 Å². The fourth-order valence-electron chi connectivity index (χ4n) is 1.90. The van der Waals surface area contributed by atoms with Gasteiger partial charge in [0.2, 0.25) is 0 Å². The molecule has 0 amide bonds. The van der Waals surface area contributed by atoms with E-state index in [1.165, 1.54) is 4.90 Å². The molecule has 124 valence electrons. The summed E-state index contributed by atoms with van der Waals surface area (Å²) in [5.74, 6) is 2.60. The Balaban J connectivity index is 1.43. The van der Waals surface area contributed by atoms with Crippen LogP contribution in [-0.4, -0.2) is 34.9 Å². The maximum absolute atomic E-state index is 9.22. The SMILES string of the molecule is Oc1ccc(SCCCCOCCSc2ccc(O)cc2)cc1. The molecule has 2 aromatic carbocycles. The number of hydrogen-bond donors (Lipinski definition) is 2. The summed E-state index contributed by atoms with van der Waals surface area (Å²) >= 11 is 3.54. The number of hydrogen-bond acceptors (Lipinski definition) is 5. The van der Waals surface area contributed by atoms with Crippen LogP contribution in [0.25, 0.3) is 0 Å². The Bertz CT molecular complexity index is 504. The van der Waals surface area contributed by atoms with Crippen molar-refractivity contribution in [1.82, 2.24) is 0 Å². The summed E-state index contributed by atoms with van der Waals surface area (Å²) in [6.45, 7) is 1.54. The minimum absolute atomic E-state index is 0.302. The van der Waals surface area contributed by atoms with Crippen LogP contribution in [0.4, 0.5) is 0 Å². The molecule has 0 saturated carbocycles. The van der Waals surface area contributed by atoms with E-state index in [0.29, 0.717) is 11.5 Å². The molecule has 0 unspecified atom stereocenters. The van der Waals surface area contributed by atoms with Crippen molar-refractivity contribution in [2.24, 2.45) is 0 Å². The van der Waals surface area contributed by atoms with E-state index < -0.39 is 0 Å². The van der Waals surface area contributed by atoms with E-state index in [2.05, 4.69) is 0 Å². The molecule has 23 heavy (non-hydrogen) atoms. The van der Waals surface area contributed by atoms with Gasteiger partial charge in [0.25, 0.3) is 0 Å². The fourth-order valence-corrected chi connectivity index (χ4v) is 3.58. The maximum Gasteiger partial charge on any atom is 0.115 e. The second kappa shape index (κ2) is 10.5. The Morgan fingerprint density at radius 2 is 1.17 bits per heavy atom. The van der Waals surface area contributed by atoms with E-state index in [1.54, 1.807) is 47.8 Å². The van der Waals surface area contributed by atoms with E-state index in [9.17, 15) is 10.2 Å². The van der Waals surface area contributed by atoms with Crippen LogP contribution in [0.1, 0.15) is 12.8 Å². The molecule has 2 rings (SSSR count). The maximum atomic E-state index is 9.22. The van der Waals surface area contributed by atoms with Crippen molar-refractivity contribution in [2.75, 3.05) is 24.7 Å². The van der Waals surface area contributed by atoms with Crippen molar-refractivity contribution in [3.8, 4) is 11.5 Å². The summed E-state index contributed by atoms with van der Waals surface area (Å²) < 4.78 is 5.63. The van der Waals surface area contributed by atoms with E-state index >= 15 is 0 Å². The third-order valence-corrected chi connectivity index (χ3v) is 5.20. The van der Waals surface area contributed by atoms with Crippen molar-refractivity contribution in [3.63, 3.8) is 0 Å². The van der Waals surface area contributed by atoms with Gasteiger partial charge in [-0.1, -0.05) is 0 Å². The number of thioether (sulfide) groups is 2. The van der Waals surface area contributed by atoms with E-state index in [-0.39, 0.29) is 0 Å². The van der Waals surface area contributed by atoms with Crippen molar-refractivity contribution in [3.05, 3.63) is 48.5 Å². The zero-order valence-electron chi connectivity index (χ0n) is 13.0. The molecule has 0 fully saturated rings. The van der Waals surface area contributed by atoms with Gasteiger partial charge in [-0.15, -0.1) is 23.5 Å². The van der Waals surface area contributed by atoms with Crippen LogP contribution >= 0.6 is 23.5 Å². The van der Waals surface area contributed by atoms with Gasteiger partial charge in [0.05, 0.1) is 6.61 Å². The average Bonchev–Trinajstić information content (AvgIpc) is 2.56. The van der Waals surface area contributed by atoms with Crippen molar-refractivity contribution < 1.29 is 14.9 Å². The van der Waals surface area contributed by atoms with Crippen LogP contribution in [0.2, 0.25) is 0 Å². The molecule has 0 atom stereocenters. The zero-order valence-corrected chi connectivity index (χ0v) is 14.6. The molecular formula is C18H22O3S2. The lowest BCUT2D eigenvalue weighted by atomic mass is 10.3. The van der Waals surface area contributed by atoms with Crippen LogP contribution in [0.3, 0.4) is 0 Å². The third-order valence-electron chi connectivity index (χ3n) is 3.12. The number of unbranched alkanes of at least 4 members (excludes halogenated alkanes) is 1. The first-order valence-corrected chi connectivity index (χ1v) is 9.62. The van der Waals surface area contributed by atoms with Crippen LogP contribution < -0.4 is 0 Å². The predicted octanol–water partition coefficient (Wildman–Crippen LogP) is 4.78. The lowest BCUT2D eigenvalue weighted by molar-refractivity contribution is 0.147. The largest absolute Gasteiger partial charge is 0.508 e. The Kier molecular flexibility index (Phi) is 8.21. The number of ether oxygens (including phenoxy) is 1. The van der Waals surface area contributed by atoms with Crippen molar-refractivity contribution >= 4 is 23.5 Å². The number of benzene rings is 2. The van der Waals surface area contributed by atoms with E-state index in [1.807, 2.05) is 24.3 Å². The minimum atomic E-state index is 0.302. The van der Waals surface area contributed by atoms with Crippen molar-refractivity contribution in [2.45, 2.75) is 22.6 Å². The van der Waals surface area contributed by atoms with Gasteiger partial charge in [-0.2, -0.15) is 0 Å². The predicted molar refractivity (Wildman–Crippen MR) is 97.7 cm³/mol. The minimum Gasteiger partial charge on any atom is -0.508 e. The lowest BCUT2D eigenvalue weighted by Gasteiger charge is -2.05. The summed E-state index contributed by atoms with van der Waals surface area (Å²) in [4.78, 5) is 2.34. The second-order valence-electron chi connectivity index (χ2n) is 5.00. The van der Waals surface area contributed by atoms with Crippen LogP contribution in [-0.2, 0) is 4.74 Å². The van der Waals surface area contributed by atoms with Gasteiger partial charge in [0.1, 0.15) is 11.5 Å². The summed E-state index contributed by atoms with van der Waals surface area (Å²) in [6.07, 6.45) is 2.19. The summed E-state index contributed by atoms with van der Waals surface area (Å²) in [5, 5.41) is 18.4. The highest BCUT2D eigenvalue weighted by Crippen LogP contribution is 2.22. The Labute approximate surface area is 146 Å². The normalized spacial score (nSPS) is 10.8. The topological polar surface area (TPSA) is 49.7 Å². The molecule has 5 heteroatoms. The molecule has 3 nitrogen and oxygen atoms in total. The Hall–Kier alpha value is -1.30. The van der Waals surface area contributed by atoms with Gasteiger partial charge < -0.3 is 14.9 Å².